The Morgan fingerprint density at radius 3 is 2.75 bits per heavy atom. The van der Waals surface area contributed by atoms with Crippen molar-refractivity contribution in [2.24, 2.45) is 5.73 Å². The molecule has 2 N–H and O–H groups in total. The summed E-state index contributed by atoms with van der Waals surface area (Å²) in [5.41, 5.74) is 7.28. The van der Waals surface area contributed by atoms with Crippen molar-refractivity contribution in [1.29, 1.82) is 0 Å². The summed E-state index contributed by atoms with van der Waals surface area (Å²) in [6.45, 7) is 4.33. The van der Waals surface area contributed by atoms with E-state index in [4.69, 9.17) is 10.5 Å². The van der Waals surface area contributed by atoms with Crippen LogP contribution in [-0.4, -0.2) is 5.60 Å². The first kappa shape index (κ1) is 11.9. The van der Waals surface area contributed by atoms with E-state index in [9.17, 15) is 0 Å². The lowest BCUT2D eigenvalue weighted by atomic mass is 9.84. The van der Waals surface area contributed by atoms with Crippen LogP contribution < -0.4 is 10.5 Å². The van der Waals surface area contributed by atoms with Crippen LogP contribution in [0.25, 0.3) is 0 Å². The summed E-state index contributed by atoms with van der Waals surface area (Å²) < 4.78 is 7.20. The molecule has 1 aliphatic heterocycles. The minimum absolute atomic E-state index is 0.0762. The Hall–Kier alpha value is -0.540. The highest BCUT2D eigenvalue weighted by Gasteiger charge is 2.36. The number of halogens is 1. The summed E-state index contributed by atoms with van der Waals surface area (Å²) >= 11 is 3.47. The van der Waals surface area contributed by atoms with Crippen LogP contribution in [0.5, 0.6) is 5.75 Å². The molecule has 16 heavy (non-hydrogen) atoms. The molecule has 0 spiro atoms. The number of rotatable bonds is 2. The average Bonchev–Trinajstić information content (AvgIpc) is 2.28. The molecule has 1 atom stereocenters. The van der Waals surface area contributed by atoms with Crippen molar-refractivity contribution >= 4 is 15.9 Å². The van der Waals surface area contributed by atoms with Gasteiger partial charge >= 0.3 is 0 Å². The number of fused-ring (bicyclic) bond motifs is 1. The molecule has 1 aromatic carbocycles. The number of benzene rings is 1. The van der Waals surface area contributed by atoms with Crippen molar-refractivity contribution in [2.75, 3.05) is 0 Å². The molecule has 2 rings (SSSR count). The summed E-state index contributed by atoms with van der Waals surface area (Å²) in [6, 6.07) is 6.19. The fourth-order valence-electron chi connectivity index (χ4n) is 2.37. The van der Waals surface area contributed by atoms with Crippen LogP contribution in [0.15, 0.2) is 22.7 Å². The Balaban J connectivity index is 2.41. The summed E-state index contributed by atoms with van der Waals surface area (Å²) in [5, 5.41) is 0. The normalized spacial score (nSPS) is 22.4. The monoisotopic (exact) mass is 283 g/mol. The van der Waals surface area contributed by atoms with Gasteiger partial charge in [0.1, 0.15) is 11.4 Å². The molecule has 1 heterocycles. The molecule has 0 fully saturated rings. The van der Waals surface area contributed by atoms with Gasteiger partial charge in [0.25, 0.3) is 0 Å². The van der Waals surface area contributed by atoms with Gasteiger partial charge < -0.3 is 10.5 Å². The first-order valence-electron chi connectivity index (χ1n) is 5.84. The van der Waals surface area contributed by atoms with Crippen molar-refractivity contribution in [3.8, 4) is 5.75 Å². The van der Waals surface area contributed by atoms with Crippen LogP contribution in [-0.2, 0) is 0 Å². The van der Waals surface area contributed by atoms with Gasteiger partial charge in [0, 0.05) is 22.5 Å². The third-order valence-corrected chi connectivity index (χ3v) is 4.08. The van der Waals surface area contributed by atoms with Crippen molar-refractivity contribution in [1.82, 2.24) is 0 Å². The summed E-state index contributed by atoms with van der Waals surface area (Å²) in [5.74, 6) is 0.942. The van der Waals surface area contributed by atoms with Gasteiger partial charge in [-0.1, -0.05) is 35.8 Å². The highest BCUT2D eigenvalue weighted by Crippen LogP contribution is 2.42. The average molecular weight is 284 g/mol. The van der Waals surface area contributed by atoms with E-state index >= 15 is 0 Å². The second-order valence-corrected chi connectivity index (χ2v) is 5.40. The molecule has 1 aromatic rings. The molecule has 88 valence electrons. The largest absolute Gasteiger partial charge is 0.487 e. The van der Waals surface area contributed by atoms with E-state index in [0.29, 0.717) is 0 Å². The number of ether oxygens (including phenoxy) is 1. The van der Waals surface area contributed by atoms with Crippen molar-refractivity contribution in [2.45, 2.75) is 44.8 Å². The molecule has 0 amide bonds. The maximum absolute atomic E-state index is 6.23. The zero-order valence-electron chi connectivity index (χ0n) is 9.79. The minimum Gasteiger partial charge on any atom is -0.487 e. The van der Waals surface area contributed by atoms with E-state index in [2.05, 4.69) is 35.8 Å². The fourth-order valence-corrected chi connectivity index (χ4v) is 2.71. The zero-order chi connectivity index (χ0) is 11.8. The Morgan fingerprint density at radius 2 is 2.12 bits per heavy atom. The first-order valence-corrected chi connectivity index (χ1v) is 6.63. The summed E-state index contributed by atoms with van der Waals surface area (Å²) in [7, 11) is 0. The van der Waals surface area contributed by atoms with E-state index in [1.54, 1.807) is 0 Å². The molecular formula is C13H18BrNO. The highest BCUT2D eigenvalue weighted by molar-refractivity contribution is 9.10. The predicted octanol–water partition coefficient (Wildman–Crippen LogP) is 3.79. The Morgan fingerprint density at radius 1 is 1.44 bits per heavy atom. The number of hydrogen-bond donors (Lipinski definition) is 1. The third kappa shape index (κ3) is 1.98. The van der Waals surface area contributed by atoms with E-state index < -0.39 is 0 Å². The van der Waals surface area contributed by atoms with Gasteiger partial charge in [-0.2, -0.15) is 0 Å². The molecule has 0 unspecified atom stereocenters. The predicted molar refractivity (Wildman–Crippen MR) is 69.6 cm³/mol. The smallest absolute Gasteiger partial charge is 0.126 e. The van der Waals surface area contributed by atoms with Gasteiger partial charge in [0.05, 0.1) is 0 Å². The minimum atomic E-state index is -0.0762. The quantitative estimate of drug-likeness (QED) is 0.896. The zero-order valence-corrected chi connectivity index (χ0v) is 11.4. The molecule has 0 saturated heterocycles. The maximum atomic E-state index is 6.23. The second-order valence-electron chi connectivity index (χ2n) is 4.48. The Kier molecular flexibility index (Phi) is 3.27. The molecule has 0 bridgehead atoms. The molecule has 0 saturated carbocycles. The molecule has 0 aromatic heterocycles. The highest BCUT2D eigenvalue weighted by atomic mass is 79.9. The van der Waals surface area contributed by atoms with Gasteiger partial charge in [-0.15, -0.1) is 0 Å². The third-order valence-electron chi connectivity index (χ3n) is 3.58. The van der Waals surface area contributed by atoms with Gasteiger partial charge in [-0.3, -0.25) is 0 Å². The fraction of sp³-hybridized carbons (Fsp3) is 0.538. The van der Waals surface area contributed by atoms with E-state index in [-0.39, 0.29) is 11.6 Å². The number of hydrogen-bond acceptors (Lipinski definition) is 2. The van der Waals surface area contributed by atoms with Gasteiger partial charge in [0.2, 0.25) is 0 Å². The van der Waals surface area contributed by atoms with Crippen LogP contribution in [0.4, 0.5) is 0 Å². The van der Waals surface area contributed by atoms with Crippen molar-refractivity contribution in [3.63, 3.8) is 0 Å². The standard InChI is InChI=1S/C13H18BrNO/c1-3-13(4-2)8-11(15)10-6-5-9(14)7-12(10)16-13/h5-7,11H,3-4,8,15H2,1-2H3/t11-/m0/s1. The van der Waals surface area contributed by atoms with Crippen LogP contribution in [0.2, 0.25) is 0 Å². The molecule has 0 radical (unpaired) electrons. The second kappa shape index (κ2) is 4.38. The molecular weight excluding hydrogens is 266 g/mol. The van der Waals surface area contributed by atoms with Gasteiger partial charge in [-0.25, -0.2) is 0 Å². The maximum Gasteiger partial charge on any atom is 0.126 e. The van der Waals surface area contributed by atoms with Gasteiger partial charge in [0.15, 0.2) is 0 Å². The Labute approximate surface area is 105 Å². The topological polar surface area (TPSA) is 35.2 Å². The lowest BCUT2D eigenvalue weighted by Crippen LogP contribution is -2.41. The van der Waals surface area contributed by atoms with Crippen LogP contribution in [0, 0.1) is 0 Å². The lowest BCUT2D eigenvalue weighted by molar-refractivity contribution is 0.0282. The molecule has 1 aliphatic rings. The van der Waals surface area contributed by atoms with E-state index in [1.807, 2.05) is 12.1 Å². The van der Waals surface area contributed by atoms with Gasteiger partial charge in [-0.05, 0) is 25.0 Å². The SMILES string of the molecule is CCC1(CC)C[C@H](N)c2ccc(Br)cc2O1. The summed E-state index contributed by atoms with van der Waals surface area (Å²) in [4.78, 5) is 0. The molecule has 0 aliphatic carbocycles. The van der Waals surface area contributed by atoms with Crippen LogP contribution in [0.3, 0.4) is 0 Å². The van der Waals surface area contributed by atoms with E-state index in [1.165, 1.54) is 0 Å². The van der Waals surface area contributed by atoms with Crippen LogP contribution >= 0.6 is 15.9 Å². The Bertz CT molecular complexity index is 388. The van der Waals surface area contributed by atoms with E-state index in [0.717, 1.165) is 35.0 Å². The molecule has 3 heteroatoms. The first-order chi connectivity index (χ1) is 7.60. The summed E-state index contributed by atoms with van der Waals surface area (Å²) in [6.07, 6.45) is 2.92. The van der Waals surface area contributed by atoms with Crippen molar-refractivity contribution < 1.29 is 4.74 Å². The lowest BCUT2D eigenvalue weighted by Gasteiger charge is -2.40. The number of nitrogens with two attached hydrogens (primary N) is 1. The van der Waals surface area contributed by atoms with Crippen molar-refractivity contribution in [3.05, 3.63) is 28.2 Å². The van der Waals surface area contributed by atoms with Crippen LogP contribution in [0.1, 0.15) is 44.7 Å². The molecule has 2 nitrogen and oxygen atoms in total.